The molecule has 0 saturated heterocycles. The van der Waals surface area contributed by atoms with E-state index in [0.717, 1.165) is 5.06 Å². The van der Waals surface area contributed by atoms with Crippen molar-refractivity contribution in [1.82, 2.24) is 14.9 Å². The van der Waals surface area contributed by atoms with E-state index < -0.39 is 12.0 Å². The summed E-state index contributed by atoms with van der Waals surface area (Å²) in [5.74, 6) is -0.405. The molecule has 0 spiro atoms. The van der Waals surface area contributed by atoms with E-state index in [2.05, 4.69) is 4.98 Å². The maximum absolute atomic E-state index is 11.9. The molecule has 1 aromatic heterocycles. The molecule has 1 rings (SSSR count). The lowest BCUT2D eigenvalue weighted by Gasteiger charge is -2.19. The minimum atomic E-state index is -1.07. The van der Waals surface area contributed by atoms with Crippen LogP contribution in [0.4, 0.5) is 4.79 Å². The Bertz CT molecular complexity index is 494. The number of carbonyl (C=O) groups excluding carboxylic acids is 1. The van der Waals surface area contributed by atoms with Crippen molar-refractivity contribution in [1.29, 1.82) is 0 Å². The van der Waals surface area contributed by atoms with Gasteiger partial charge in [0.1, 0.15) is 5.69 Å². The molecule has 1 heterocycles. The summed E-state index contributed by atoms with van der Waals surface area (Å²) >= 11 is 0. The summed E-state index contributed by atoms with van der Waals surface area (Å²) in [5, 5.41) is 10.2. The first-order valence-electron chi connectivity index (χ1n) is 6.24. The normalized spacial score (nSPS) is 10.2. The van der Waals surface area contributed by atoms with Gasteiger partial charge in [0.05, 0.1) is 26.0 Å². The molecule has 116 valence electrons. The second-order valence-corrected chi connectivity index (χ2v) is 4.20. The van der Waals surface area contributed by atoms with Gasteiger partial charge in [-0.25, -0.2) is 14.8 Å². The second-order valence-electron chi connectivity index (χ2n) is 4.20. The predicted molar refractivity (Wildman–Crippen MR) is 73.7 cm³/mol. The average Bonchev–Trinajstić information content (AvgIpc) is 2.49. The number of methoxy groups -OCH3 is 1. The van der Waals surface area contributed by atoms with Crippen LogP contribution in [-0.4, -0.2) is 66.5 Å². The molecule has 0 unspecified atom stereocenters. The standard InChI is InChI=1S/C13H19N3O5/c1-15(21-3)12(17)11-6-4-5-10(14-11)9-16(13(18)19)7-8-20-2/h4-6H,7-9H2,1-3H3,(H,18,19). The Kier molecular flexibility index (Phi) is 6.57. The molecular weight excluding hydrogens is 278 g/mol. The van der Waals surface area contributed by atoms with E-state index in [4.69, 9.17) is 14.7 Å². The summed E-state index contributed by atoms with van der Waals surface area (Å²) in [5.41, 5.74) is 0.665. The van der Waals surface area contributed by atoms with Gasteiger partial charge in [0, 0.05) is 20.7 Å². The van der Waals surface area contributed by atoms with Crippen molar-refractivity contribution in [2.24, 2.45) is 0 Å². The fourth-order valence-corrected chi connectivity index (χ4v) is 1.57. The van der Waals surface area contributed by atoms with Crippen LogP contribution in [-0.2, 0) is 16.1 Å². The first-order valence-corrected chi connectivity index (χ1v) is 6.24. The Balaban J connectivity index is 2.83. The van der Waals surface area contributed by atoms with Gasteiger partial charge in [0.15, 0.2) is 0 Å². The van der Waals surface area contributed by atoms with Crippen LogP contribution in [0.2, 0.25) is 0 Å². The quantitative estimate of drug-likeness (QED) is 0.750. The molecule has 1 N–H and O–H groups in total. The van der Waals surface area contributed by atoms with E-state index in [1.165, 1.54) is 26.2 Å². The Morgan fingerprint density at radius 2 is 2.05 bits per heavy atom. The van der Waals surface area contributed by atoms with Crippen LogP contribution in [0.25, 0.3) is 0 Å². The molecule has 8 heteroatoms. The first-order chi connectivity index (χ1) is 9.99. The third-order valence-electron chi connectivity index (χ3n) is 2.77. The van der Waals surface area contributed by atoms with Gasteiger partial charge in [0.25, 0.3) is 5.91 Å². The molecule has 0 saturated carbocycles. The van der Waals surface area contributed by atoms with E-state index >= 15 is 0 Å². The molecule has 0 aliphatic carbocycles. The minimum Gasteiger partial charge on any atom is -0.465 e. The molecule has 21 heavy (non-hydrogen) atoms. The van der Waals surface area contributed by atoms with Gasteiger partial charge in [0.2, 0.25) is 0 Å². The summed E-state index contributed by atoms with van der Waals surface area (Å²) in [6.07, 6.45) is -1.07. The third-order valence-corrected chi connectivity index (χ3v) is 2.77. The Labute approximate surface area is 122 Å². The Hall–Kier alpha value is -2.19. The molecule has 2 amide bonds. The lowest BCUT2D eigenvalue weighted by atomic mass is 10.2. The van der Waals surface area contributed by atoms with Crippen molar-refractivity contribution in [2.75, 3.05) is 34.4 Å². The fraction of sp³-hybridized carbons (Fsp3) is 0.462. The van der Waals surface area contributed by atoms with E-state index in [9.17, 15) is 9.59 Å². The number of hydrogen-bond acceptors (Lipinski definition) is 5. The maximum Gasteiger partial charge on any atom is 0.407 e. The van der Waals surface area contributed by atoms with Crippen LogP contribution >= 0.6 is 0 Å². The minimum absolute atomic E-state index is 0.0799. The van der Waals surface area contributed by atoms with Gasteiger partial charge in [-0.1, -0.05) is 6.07 Å². The van der Waals surface area contributed by atoms with Crippen molar-refractivity contribution in [3.8, 4) is 0 Å². The number of nitrogens with zero attached hydrogens (tertiary/aromatic N) is 3. The number of hydroxylamine groups is 2. The average molecular weight is 297 g/mol. The summed E-state index contributed by atoms with van der Waals surface area (Å²) in [6, 6.07) is 4.85. The number of hydrogen-bond donors (Lipinski definition) is 1. The molecule has 8 nitrogen and oxygen atoms in total. The maximum atomic E-state index is 11.9. The topological polar surface area (TPSA) is 92.2 Å². The molecule has 0 radical (unpaired) electrons. The van der Waals surface area contributed by atoms with Gasteiger partial charge >= 0.3 is 6.09 Å². The van der Waals surface area contributed by atoms with Crippen LogP contribution < -0.4 is 0 Å². The van der Waals surface area contributed by atoms with Crippen LogP contribution in [0.5, 0.6) is 0 Å². The molecule has 0 atom stereocenters. The highest BCUT2D eigenvalue weighted by Crippen LogP contribution is 2.06. The zero-order valence-corrected chi connectivity index (χ0v) is 12.3. The van der Waals surface area contributed by atoms with Crippen LogP contribution in [0.15, 0.2) is 18.2 Å². The largest absolute Gasteiger partial charge is 0.465 e. The van der Waals surface area contributed by atoms with E-state index in [0.29, 0.717) is 5.69 Å². The molecule has 0 bridgehead atoms. The van der Waals surface area contributed by atoms with Crippen molar-refractivity contribution in [3.63, 3.8) is 0 Å². The number of amides is 2. The third kappa shape index (κ3) is 5.01. The van der Waals surface area contributed by atoms with Crippen LogP contribution in [0.3, 0.4) is 0 Å². The monoisotopic (exact) mass is 297 g/mol. The number of rotatable bonds is 7. The highest BCUT2D eigenvalue weighted by molar-refractivity contribution is 5.91. The highest BCUT2D eigenvalue weighted by atomic mass is 16.7. The van der Waals surface area contributed by atoms with Crippen molar-refractivity contribution < 1.29 is 24.3 Å². The van der Waals surface area contributed by atoms with Gasteiger partial charge in [-0.05, 0) is 12.1 Å². The number of aromatic nitrogens is 1. The van der Waals surface area contributed by atoms with Crippen molar-refractivity contribution >= 4 is 12.0 Å². The van der Waals surface area contributed by atoms with Gasteiger partial charge in [-0.2, -0.15) is 0 Å². The fourth-order valence-electron chi connectivity index (χ4n) is 1.57. The van der Waals surface area contributed by atoms with Crippen molar-refractivity contribution in [2.45, 2.75) is 6.54 Å². The van der Waals surface area contributed by atoms with Crippen molar-refractivity contribution in [3.05, 3.63) is 29.6 Å². The van der Waals surface area contributed by atoms with Crippen LogP contribution in [0, 0.1) is 0 Å². The van der Waals surface area contributed by atoms with E-state index in [1.54, 1.807) is 18.2 Å². The van der Waals surface area contributed by atoms with E-state index in [1.807, 2.05) is 0 Å². The summed E-state index contributed by atoms with van der Waals surface area (Å²) in [4.78, 5) is 33.2. The molecule has 0 aliphatic heterocycles. The highest BCUT2D eigenvalue weighted by Gasteiger charge is 2.16. The number of carboxylic acid groups (broad SMARTS) is 1. The molecule has 0 aliphatic rings. The lowest BCUT2D eigenvalue weighted by molar-refractivity contribution is -0.0760. The number of carbonyl (C=O) groups is 2. The van der Waals surface area contributed by atoms with Gasteiger partial charge in [-0.3, -0.25) is 9.63 Å². The second kappa shape index (κ2) is 8.18. The molecular formula is C13H19N3O5. The number of ether oxygens (including phenoxy) is 1. The van der Waals surface area contributed by atoms with Gasteiger partial charge < -0.3 is 14.7 Å². The molecule has 0 aromatic carbocycles. The Morgan fingerprint density at radius 3 is 2.62 bits per heavy atom. The lowest BCUT2D eigenvalue weighted by Crippen LogP contribution is -2.32. The Morgan fingerprint density at radius 1 is 1.33 bits per heavy atom. The van der Waals surface area contributed by atoms with Gasteiger partial charge in [-0.15, -0.1) is 0 Å². The molecule has 1 aromatic rings. The zero-order valence-electron chi connectivity index (χ0n) is 12.3. The SMILES string of the molecule is COCCN(Cc1cccc(C(=O)N(C)OC)n1)C(=O)O. The molecule has 0 fully saturated rings. The zero-order chi connectivity index (χ0) is 15.8. The first kappa shape index (κ1) is 16.9. The summed E-state index contributed by atoms with van der Waals surface area (Å²) in [6.45, 7) is 0.595. The van der Waals surface area contributed by atoms with Crippen LogP contribution in [0.1, 0.15) is 16.2 Å². The smallest absolute Gasteiger partial charge is 0.407 e. The summed E-state index contributed by atoms with van der Waals surface area (Å²) in [7, 11) is 4.34. The summed E-state index contributed by atoms with van der Waals surface area (Å²) < 4.78 is 4.87. The number of pyridine rings is 1. The van der Waals surface area contributed by atoms with E-state index in [-0.39, 0.29) is 25.4 Å². The predicted octanol–water partition coefficient (Wildman–Crippen LogP) is 0.841.